The first-order valence-electron chi connectivity index (χ1n) is 6.47. The molecule has 122 valence electrons. The van der Waals surface area contributed by atoms with Crippen LogP contribution in [-0.4, -0.2) is 62.6 Å². The van der Waals surface area contributed by atoms with Crippen LogP contribution in [0.2, 0.25) is 0 Å². The van der Waals surface area contributed by atoms with Crippen LogP contribution in [0, 0.1) is 0 Å². The predicted molar refractivity (Wildman–Crippen MR) is 78.7 cm³/mol. The van der Waals surface area contributed by atoms with Gasteiger partial charge in [0.05, 0.1) is 17.9 Å². The van der Waals surface area contributed by atoms with E-state index >= 15 is 0 Å². The van der Waals surface area contributed by atoms with Crippen molar-refractivity contribution in [3.8, 4) is 0 Å². The summed E-state index contributed by atoms with van der Waals surface area (Å²) in [6.45, 7) is 0.874. The van der Waals surface area contributed by atoms with Gasteiger partial charge in [-0.1, -0.05) is 0 Å². The van der Waals surface area contributed by atoms with Crippen molar-refractivity contribution in [2.24, 2.45) is 4.99 Å². The fraction of sp³-hybridized carbons (Fsp3) is 0.500. The molecule has 1 heterocycles. The lowest BCUT2D eigenvalue weighted by atomic mass is 10.1. The monoisotopic (exact) mass is 314 g/mol. The molecular weight excluding hydrogens is 296 g/mol. The third-order valence-electron chi connectivity index (χ3n) is 2.73. The number of aliphatic imine (C=N–C) groups is 1. The third-order valence-corrected chi connectivity index (χ3v) is 2.73. The summed E-state index contributed by atoms with van der Waals surface area (Å²) < 4.78 is 0. The van der Waals surface area contributed by atoms with Crippen LogP contribution in [0.15, 0.2) is 14.6 Å². The molecular formula is C12H18N4O6. The van der Waals surface area contributed by atoms with Gasteiger partial charge < -0.3 is 20.6 Å². The lowest BCUT2D eigenvalue weighted by Crippen LogP contribution is -2.34. The van der Waals surface area contributed by atoms with E-state index in [0.29, 0.717) is 6.29 Å². The van der Waals surface area contributed by atoms with E-state index in [4.69, 9.17) is 5.11 Å². The minimum absolute atomic E-state index is 0.0152. The highest BCUT2D eigenvalue weighted by Gasteiger charge is 2.17. The first-order chi connectivity index (χ1) is 10.4. The largest absolute Gasteiger partial charge is 0.396 e. The van der Waals surface area contributed by atoms with Crippen molar-refractivity contribution in [1.29, 1.82) is 0 Å². The molecule has 0 spiro atoms. The maximum Gasteiger partial charge on any atom is 0.327 e. The number of nitrogens with zero attached hydrogens (tertiary/aromatic N) is 1. The summed E-state index contributed by atoms with van der Waals surface area (Å²) in [5.74, 6) is -0.0924. The van der Waals surface area contributed by atoms with Crippen LogP contribution in [-0.2, 0) is 4.79 Å². The molecule has 0 amide bonds. The average Bonchev–Trinajstić information content (AvgIpc) is 2.47. The van der Waals surface area contributed by atoms with Crippen molar-refractivity contribution in [2.75, 3.05) is 18.5 Å². The minimum Gasteiger partial charge on any atom is -0.396 e. The minimum atomic E-state index is -1.24. The zero-order valence-corrected chi connectivity index (χ0v) is 11.9. The van der Waals surface area contributed by atoms with Gasteiger partial charge in [0.1, 0.15) is 5.82 Å². The second kappa shape index (κ2) is 8.22. The van der Waals surface area contributed by atoms with Crippen LogP contribution >= 0.6 is 0 Å². The molecule has 0 aliphatic carbocycles. The molecule has 0 radical (unpaired) electrons. The maximum absolute atomic E-state index is 11.7. The molecule has 10 nitrogen and oxygen atoms in total. The van der Waals surface area contributed by atoms with E-state index in [0.717, 1.165) is 0 Å². The van der Waals surface area contributed by atoms with E-state index in [1.807, 2.05) is 4.98 Å². The topological polar surface area (TPSA) is 168 Å². The number of hydrogen-bond donors (Lipinski definition) is 6. The van der Waals surface area contributed by atoms with Crippen molar-refractivity contribution in [3.05, 3.63) is 20.8 Å². The number of anilines is 1. The quantitative estimate of drug-likeness (QED) is 0.235. The van der Waals surface area contributed by atoms with Crippen LogP contribution in [0.3, 0.4) is 0 Å². The Morgan fingerprint density at radius 2 is 2.00 bits per heavy atom. The van der Waals surface area contributed by atoms with Crippen molar-refractivity contribution < 1.29 is 20.1 Å². The number of aliphatic hydroxyl groups excluding tert-OH is 3. The zero-order valence-electron chi connectivity index (χ0n) is 11.9. The smallest absolute Gasteiger partial charge is 0.327 e. The molecule has 1 aromatic rings. The molecule has 2 atom stereocenters. The molecule has 0 aromatic carbocycles. The van der Waals surface area contributed by atoms with Gasteiger partial charge >= 0.3 is 5.69 Å². The van der Waals surface area contributed by atoms with Crippen molar-refractivity contribution in [2.45, 2.75) is 25.6 Å². The van der Waals surface area contributed by atoms with Crippen LogP contribution in [0.5, 0.6) is 0 Å². The number of aldehydes is 1. The molecule has 0 saturated carbocycles. The van der Waals surface area contributed by atoms with Gasteiger partial charge in [0.25, 0.3) is 5.56 Å². The first kappa shape index (κ1) is 17.8. The number of nitrogens with one attached hydrogen (secondary N) is 3. The van der Waals surface area contributed by atoms with Crippen LogP contribution in [0.4, 0.5) is 11.5 Å². The van der Waals surface area contributed by atoms with Crippen LogP contribution in [0.25, 0.3) is 0 Å². The number of carbonyl (C=O) groups is 1. The lowest BCUT2D eigenvalue weighted by molar-refractivity contribution is -0.102. The molecule has 1 aromatic heterocycles. The van der Waals surface area contributed by atoms with Crippen molar-refractivity contribution >= 4 is 23.5 Å². The van der Waals surface area contributed by atoms with Gasteiger partial charge in [-0.15, -0.1) is 0 Å². The van der Waals surface area contributed by atoms with Gasteiger partial charge in [-0.3, -0.25) is 19.6 Å². The molecule has 0 aliphatic rings. The fourth-order valence-electron chi connectivity index (χ4n) is 1.58. The zero-order chi connectivity index (χ0) is 16.7. The second-order valence-electron chi connectivity index (χ2n) is 4.53. The lowest BCUT2D eigenvalue weighted by Gasteiger charge is -2.18. The summed E-state index contributed by atoms with van der Waals surface area (Å²) in [6, 6.07) is 0. The number of hydrogen-bond acceptors (Lipinski definition) is 8. The molecule has 0 unspecified atom stereocenters. The Bertz CT molecular complexity index is 650. The number of carbonyl (C=O) groups excluding carboxylic acids is 1. The van der Waals surface area contributed by atoms with Gasteiger partial charge in [-0.2, -0.15) is 0 Å². The Morgan fingerprint density at radius 1 is 1.32 bits per heavy atom. The van der Waals surface area contributed by atoms with Crippen molar-refractivity contribution in [3.63, 3.8) is 0 Å². The number of rotatable bonds is 8. The summed E-state index contributed by atoms with van der Waals surface area (Å²) >= 11 is 0. The third kappa shape index (κ3) is 4.91. The predicted octanol–water partition coefficient (Wildman–Crippen LogP) is -2.13. The van der Waals surface area contributed by atoms with Gasteiger partial charge in [-0.25, -0.2) is 9.79 Å². The van der Waals surface area contributed by atoms with E-state index in [1.54, 1.807) is 0 Å². The average molecular weight is 314 g/mol. The van der Waals surface area contributed by atoms with Gasteiger partial charge in [0.2, 0.25) is 0 Å². The molecule has 22 heavy (non-hydrogen) atoms. The number of aliphatic hydroxyl groups is 3. The Labute approximate surface area is 124 Å². The Kier molecular flexibility index (Phi) is 6.63. The van der Waals surface area contributed by atoms with E-state index in [9.17, 15) is 24.6 Å². The molecule has 1 rings (SSSR count). The number of aromatic nitrogens is 2. The summed E-state index contributed by atoms with van der Waals surface area (Å²) in [7, 11) is 0. The Balaban J connectivity index is 3.01. The SMILES string of the molecule is CC(C=O)=Nc1c(NC[C@H](O)[C@H](O)CCO)[nH]c(=O)[nH]c1=O. The van der Waals surface area contributed by atoms with Gasteiger partial charge in [0, 0.05) is 13.2 Å². The highest BCUT2D eigenvalue weighted by Crippen LogP contribution is 2.15. The molecule has 0 fully saturated rings. The van der Waals surface area contributed by atoms with E-state index in [-0.39, 0.29) is 36.8 Å². The fourth-order valence-corrected chi connectivity index (χ4v) is 1.58. The second-order valence-corrected chi connectivity index (χ2v) is 4.53. The Hall–Kier alpha value is -2.30. The summed E-state index contributed by atoms with van der Waals surface area (Å²) in [4.78, 5) is 41.6. The summed E-state index contributed by atoms with van der Waals surface area (Å²) in [6.07, 6.45) is -1.99. The first-order valence-corrected chi connectivity index (χ1v) is 6.47. The van der Waals surface area contributed by atoms with Crippen molar-refractivity contribution in [1.82, 2.24) is 9.97 Å². The molecule has 6 N–H and O–H groups in total. The molecule has 0 saturated heterocycles. The number of aromatic amines is 2. The molecule has 10 heteroatoms. The van der Waals surface area contributed by atoms with Crippen LogP contribution in [0.1, 0.15) is 13.3 Å². The number of H-pyrrole nitrogens is 2. The van der Waals surface area contributed by atoms with E-state index < -0.39 is 23.5 Å². The highest BCUT2D eigenvalue weighted by atomic mass is 16.3. The van der Waals surface area contributed by atoms with Crippen LogP contribution < -0.4 is 16.6 Å². The molecule has 0 bridgehead atoms. The maximum atomic E-state index is 11.7. The Morgan fingerprint density at radius 3 is 2.59 bits per heavy atom. The van der Waals surface area contributed by atoms with E-state index in [2.05, 4.69) is 15.3 Å². The normalized spacial score (nSPS) is 14.5. The summed E-state index contributed by atoms with van der Waals surface area (Å²) in [5.41, 5.74) is -1.81. The van der Waals surface area contributed by atoms with Gasteiger partial charge in [-0.05, 0) is 13.3 Å². The standard InChI is InChI=1S/C12H18N4O6/c1-6(5-18)14-9-10(15-12(22)16-11(9)21)13-4-8(20)7(19)2-3-17/h5,7-8,17,19-20H,2-4H2,1H3,(H3,13,15,16,21,22)/t7-,8+/m1/s1. The summed E-state index contributed by atoms with van der Waals surface area (Å²) in [5, 5.41) is 30.4. The van der Waals surface area contributed by atoms with Gasteiger partial charge in [0.15, 0.2) is 12.0 Å². The highest BCUT2D eigenvalue weighted by molar-refractivity contribution is 6.27. The van der Waals surface area contributed by atoms with E-state index in [1.165, 1.54) is 6.92 Å². The molecule has 0 aliphatic heterocycles.